The molecule has 0 spiro atoms. The maximum atomic E-state index is 12.1. The van der Waals surface area contributed by atoms with E-state index < -0.39 is 0 Å². The second-order valence-corrected chi connectivity index (χ2v) is 4.99. The molecule has 5 heteroatoms. The Bertz CT molecular complexity index is 487. The van der Waals surface area contributed by atoms with Crippen LogP contribution in [0.3, 0.4) is 0 Å². The van der Waals surface area contributed by atoms with Crippen molar-refractivity contribution >= 4 is 17.6 Å². The molecule has 1 fully saturated rings. The lowest BCUT2D eigenvalue weighted by Crippen LogP contribution is -2.45. The molecule has 1 aliphatic heterocycles. The molecule has 3 N–H and O–H groups in total. The van der Waals surface area contributed by atoms with Crippen LogP contribution in [0.1, 0.15) is 18.4 Å². The second kappa shape index (κ2) is 5.73. The van der Waals surface area contributed by atoms with E-state index in [1.165, 1.54) is 0 Å². The maximum absolute atomic E-state index is 12.1. The van der Waals surface area contributed by atoms with Gasteiger partial charge in [-0.05, 0) is 37.5 Å². The van der Waals surface area contributed by atoms with Gasteiger partial charge in [0.15, 0.2) is 0 Å². The number of nitrogens with two attached hydrogens (primary N) is 1. The van der Waals surface area contributed by atoms with Gasteiger partial charge in [0.2, 0.25) is 5.91 Å². The van der Waals surface area contributed by atoms with Gasteiger partial charge in [0.25, 0.3) is 0 Å². The van der Waals surface area contributed by atoms with E-state index >= 15 is 0 Å². The number of hydrogen-bond donors (Lipinski definition) is 2. The summed E-state index contributed by atoms with van der Waals surface area (Å²) in [5, 5.41) is 2.85. The minimum Gasteiger partial charge on any atom is -0.369 e. The Hall–Kier alpha value is -2.04. The predicted molar refractivity (Wildman–Crippen MR) is 73.7 cm³/mol. The topological polar surface area (TPSA) is 75.4 Å². The lowest BCUT2D eigenvalue weighted by molar-refractivity contribution is -0.123. The molecule has 1 aromatic carbocycles. The Balaban J connectivity index is 1.98. The van der Waals surface area contributed by atoms with Gasteiger partial charge in [0.05, 0.1) is 5.92 Å². The summed E-state index contributed by atoms with van der Waals surface area (Å²) in [5.41, 5.74) is 7.16. The molecule has 0 saturated carbocycles. The number of hydrogen-bond acceptors (Lipinski definition) is 2. The van der Waals surface area contributed by atoms with Crippen LogP contribution in [-0.2, 0) is 4.79 Å². The number of amides is 3. The fraction of sp³-hybridized carbons (Fsp3) is 0.429. The summed E-state index contributed by atoms with van der Waals surface area (Å²) in [6.45, 7) is 3.05. The van der Waals surface area contributed by atoms with E-state index in [0.29, 0.717) is 13.1 Å². The van der Waals surface area contributed by atoms with E-state index in [1.807, 2.05) is 31.2 Å². The molecule has 0 aliphatic carbocycles. The Kier molecular flexibility index (Phi) is 4.04. The highest BCUT2D eigenvalue weighted by atomic mass is 16.2. The molecule has 2 rings (SSSR count). The van der Waals surface area contributed by atoms with Crippen molar-refractivity contribution in [3.05, 3.63) is 29.8 Å². The molecule has 0 bridgehead atoms. The Morgan fingerprint density at radius 3 is 2.89 bits per heavy atom. The minimum atomic E-state index is -0.326. The number of primary amides is 1. The van der Waals surface area contributed by atoms with E-state index in [1.54, 1.807) is 4.90 Å². The van der Waals surface area contributed by atoms with Gasteiger partial charge in [-0.2, -0.15) is 0 Å². The van der Waals surface area contributed by atoms with Gasteiger partial charge < -0.3 is 16.0 Å². The first-order valence-corrected chi connectivity index (χ1v) is 6.48. The van der Waals surface area contributed by atoms with Gasteiger partial charge in [-0.25, -0.2) is 4.79 Å². The molecule has 0 radical (unpaired) electrons. The number of nitrogens with zero attached hydrogens (tertiary/aromatic N) is 1. The van der Waals surface area contributed by atoms with Crippen LogP contribution in [0.2, 0.25) is 0 Å². The molecule has 102 valence electrons. The first kappa shape index (κ1) is 13.4. The molecule has 1 aliphatic rings. The lowest BCUT2D eigenvalue weighted by atomic mass is 9.98. The molecule has 5 nitrogen and oxygen atoms in total. The quantitative estimate of drug-likeness (QED) is 0.850. The van der Waals surface area contributed by atoms with Crippen LogP contribution in [0.5, 0.6) is 0 Å². The van der Waals surface area contributed by atoms with Crippen LogP contribution >= 0.6 is 0 Å². The van der Waals surface area contributed by atoms with Crippen LogP contribution in [-0.4, -0.2) is 29.9 Å². The SMILES string of the molecule is Cc1cccc(NC(=O)N2CCC[C@H](C(N)=O)C2)c1. The third-order valence-electron chi connectivity index (χ3n) is 3.38. The van der Waals surface area contributed by atoms with Crippen molar-refractivity contribution in [3.63, 3.8) is 0 Å². The van der Waals surface area contributed by atoms with Crippen LogP contribution < -0.4 is 11.1 Å². The average Bonchev–Trinajstić information content (AvgIpc) is 2.39. The summed E-state index contributed by atoms with van der Waals surface area (Å²) in [6.07, 6.45) is 1.58. The molecule has 19 heavy (non-hydrogen) atoms. The number of aryl methyl sites for hydroxylation is 1. The smallest absolute Gasteiger partial charge is 0.321 e. The fourth-order valence-corrected chi connectivity index (χ4v) is 2.32. The molecular formula is C14H19N3O2. The normalized spacial score (nSPS) is 19.0. The summed E-state index contributed by atoms with van der Waals surface area (Å²) in [6, 6.07) is 7.46. The minimum absolute atomic E-state index is 0.170. The molecule has 1 atom stereocenters. The van der Waals surface area contributed by atoms with Gasteiger partial charge >= 0.3 is 6.03 Å². The highest BCUT2D eigenvalue weighted by Crippen LogP contribution is 2.17. The van der Waals surface area contributed by atoms with Gasteiger partial charge in [0, 0.05) is 18.8 Å². The molecule has 3 amide bonds. The number of anilines is 1. The zero-order valence-corrected chi connectivity index (χ0v) is 11.1. The van der Waals surface area contributed by atoms with Crippen molar-refractivity contribution in [3.8, 4) is 0 Å². The van der Waals surface area contributed by atoms with Crippen LogP contribution in [0, 0.1) is 12.8 Å². The van der Waals surface area contributed by atoms with E-state index in [9.17, 15) is 9.59 Å². The van der Waals surface area contributed by atoms with Crippen molar-refractivity contribution in [1.29, 1.82) is 0 Å². The maximum Gasteiger partial charge on any atom is 0.321 e. The molecule has 0 aromatic heterocycles. The van der Waals surface area contributed by atoms with E-state index in [4.69, 9.17) is 5.73 Å². The highest BCUT2D eigenvalue weighted by molar-refractivity contribution is 5.90. The number of rotatable bonds is 2. The van der Waals surface area contributed by atoms with Crippen LogP contribution in [0.15, 0.2) is 24.3 Å². The highest BCUT2D eigenvalue weighted by Gasteiger charge is 2.26. The molecule has 1 heterocycles. The van der Waals surface area contributed by atoms with E-state index in [0.717, 1.165) is 24.1 Å². The number of urea groups is 1. The number of carbonyl (C=O) groups is 2. The van der Waals surface area contributed by atoms with Gasteiger partial charge in [0.1, 0.15) is 0 Å². The van der Waals surface area contributed by atoms with Crippen LogP contribution in [0.4, 0.5) is 10.5 Å². The van der Waals surface area contributed by atoms with Crippen molar-refractivity contribution in [2.75, 3.05) is 18.4 Å². The molecule has 1 aromatic rings. The number of carbonyl (C=O) groups excluding carboxylic acids is 2. The Morgan fingerprint density at radius 1 is 1.42 bits per heavy atom. The zero-order valence-electron chi connectivity index (χ0n) is 11.1. The summed E-state index contributed by atoms with van der Waals surface area (Å²) >= 11 is 0. The van der Waals surface area contributed by atoms with E-state index in [-0.39, 0.29) is 17.9 Å². The zero-order chi connectivity index (χ0) is 13.8. The number of benzene rings is 1. The average molecular weight is 261 g/mol. The largest absolute Gasteiger partial charge is 0.369 e. The summed E-state index contributed by atoms with van der Waals surface area (Å²) in [4.78, 5) is 25.0. The predicted octanol–water partition coefficient (Wildman–Crippen LogP) is 1.72. The second-order valence-electron chi connectivity index (χ2n) is 4.99. The standard InChI is InChI=1S/C14H19N3O2/c1-10-4-2-6-12(8-10)16-14(19)17-7-3-5-11(9-17)13(15)18/h2,4,6,8,11H,3,5,7,9H2,1H3,(H2,15,18)(H,16,19)/t11-/m0/s1. The number of nitrogens with one attached hydrogen (secondary N) is 1. The summed E-state index contributed by atoms with van der Waals surface area (Å²) in [7, 11) is 0. The van der Waals surface area contributed by atoms with Crippen molar-refractivity contribution < 1.29 is 9.59 Å². The fourth-order valence-electron chi connectivity index (χ4n) is 2.32. The van der Waals surface area contributed by atoms with Crippen molar-refractivity contribution in [2.45, 2.75) is 19.8 Å². The summed E-state index contributed by atoms with van der Waals surface area (Å²) < 4.78 is 0. The first-order chi connectivity index (χ1) is 9.06. The third kappa shape index (κ3) is 3.47. The molecule has 0 unspecified atom stereocenters. The van der Waals surface area contributed by atoms with Gasteiger partial charge in [-0.1, -0.05) is 12.1 Å². The molecular weight excluding hydrogens is 242 g/mol. The summed E-state index contributed by atoms with van der Waals surface area (Å²) in [5.74, 6) is -0.551. The van der Waals surface area contributed by atoms with E-state index in [2.05, 4.69) is 5.32 Å². The van der Waals surface area contributed by atoms with Crippen molar-refractivity contribution in [1.82, 2.24) is 4.90 Å². The first-order valence-electron chi connectivity index (χ1n) is 6.48. The van der Waals surface area contributed by atoms with Crippen LogP contribution in [0.25, 0.3) is 0 Å². The van der Waals surface area contributed by atoms with Gasteiger partial charge in [-0.3, -0.25) is 4.79 Å². The third-order valence-corrected chi connectivity index (χ3v) is 3.38. The Labute approximate surface area is 112 Å². The molecule has 1 saturated heterocycles. The number of piperidine rings is 1. The van der Waals surface area contributed by atoms with Crippen molar-refractivity contribution in [2.24, 2.45) is 11.7 Å². The monoisotopic (exact) mass is 261 g/mol. The lowest BCUT2D eigenvalue weighted by Gasteiger charge is -2.31. The Morgan fingerprint density at radius 2 is 2.21 bits per heavy atom. The number of likely N-dealkylation sites (tertiary alicyclic amines) is 1. The van der Waals surface area contributed by atoms with Gasteiger partial charge in [-0.15, -0.1) is 0 Å².